The molecule has 15 aromatic rings. The van der Waals surface area contributed by atoms with E-state index in [4.69, 9.17) is 0 Å². The zero-order chi connectivity index (χ0) is 54.0. The highest BCUT2D eigenvalue weighted by molar-refractivity contribution is 6.21. The zero-order valence-electron chi connectivity index (χ0n) is 46.1. The van der Waals surface area contributed by atoms with Crippen molar-refractivity contribution in [2.75, 3.05) is 0 Å². The van der Waals surface area contributed by atoms with Crippen LogP contribution >= 0.6 is 0 Å². The molecule has 13 aromatic carbocycles. The fraction of sp³-hybridized carbons (Fsp3) is 0.103. The molecule has 0 spiro atoms. The largest absolute Gasteiger partial charge is 0.308 e. The van der Waals surface area contributed by atoms with Crippen LogP contribution in [-0.2, 0) is 10.8 Å². The van der Waals surface area contributed by atoms with Crippen molar-refractivity contribution in [3.8, 4) is 56.1 Å². The van der Waals surface area contributed by atoms with Gasteiger partial charge in [0, 0.05) is 32.7 Å². The Morgan fingerprint density at radius 2 is 0.525 bits per heavy atom. The molecular weight excluding hydrogens is 965 g/mol. The summed E-state index contributed by atoms with van der Waals surface area (Å²) in [5.74, 6) is 0. The summed E-state index contributed by atoms with van der Waals surface area (Å²) in [6.07, 6.45) is 0. The van der Waals surface area contributed by atoms with Crippen molar-refractivity contribution in [2.24, 2.45) is 0 Å². The molecule has 0 aliphatic rings. The second-order valence-electron chi connectivity index (χ2n) is 24.0. The monoisotopic (exact) mass is 1020 g/mol. The van der Waals surface area contributed by atoms with Crippen LogP contribution in [0.4, 0.5) is 0 Å². The van der Waals surface area contributed by atoms with Crippen LogP contribution in [0.15, 0.2) is 255 Å². The molecule has 2 heterocycles. The summed E-state index contributed by atoms with van der Waals surface area (Å²) in [6.45, 7) is 14.5. The molecule has 382 valence electrons. The van der Waals surface area contributed by atoms with Crippen LogP contribution in [0.25, 0.3) is 143 Å². The standard InChI is InChI=1S/C78H60N2/c1-77(2,3)73-61-45-65-70(80(68-44-54-36-20-22-38-56(54)58-40-24-26-42-60(58)68)75(51-31-15-9-16-32-51)71(65)49-27-11-7-12-28-49)48-64(61)74(78(4,5)6)62-46-66-69(47-63(62)73)79(67-43-53-35-19-21-37-55(53)57-39-23-25-41-59(57)67)76(52-33-17-10-18-34-52)72(66)50-29-13-8-14-30-50/h7-48H,1-6H3. The van der Waals surface area contributed by atoms with Gasteiger partial charge in [-0.1, -0.05) is 260 Å². The molecule has 0 bridgehead atoms. The Morgan fingerprint density at radius 3 is 0.875 bits per heavy atom. The molecule has 0 fully saturated rings. The molecule has 0 atom stereocenters. The Hall–Kier alpha value is -9.50. The second-order valence-corrected chi connectivity index (χ2v) is 24.0. The van der Waals surface area contributed by atoms with Gasteiger partial charge in [0.2, 0.25) is 0 Å². The van der Waals surface area contributed by atoms with Crippen LogP contribution in [0.5, 0.6) is 0 Å². The molecule has 2 heteroatoms. The number of hydrogen-bond acceptors (Lipinski definition) is 0. The van der Waals surface area contributed by atoms with Gasteiger partial charge in [-0.2, -0.15) is 0 Å². The average molecular weight is 1030 g/mol. The van der Waals surface area contributed by atoms with Crippen molar-refractivity contribution >= 4 is 86.4 Å². The molecule has 0 aliphatic carbocycles. The van der Waals surface area contributed by atoms with E-state index >= 15 is 0 Å². The third-order valence-corrected chi connectivity index (χ3v) is 17.0. The molecule has 0 N–H and O–H groups in total. The molecule has 2 aromatic heterocycles. The summed E-state index contributed by atoms with van der Waals surface area (Å²) in [5, 5.41) is 17.5. The highest BCUT2D eigenvalue weighted by Gasteiger charge is 2.33. The second kappa shape index (κ2) is 18.0. The van der Waals surface area contributed by atoms with E-state index in [1.165, 1.54) is 154 Å². The maximum Gasteiger partial charge on any atom is 0.0619 e. The Labute approximate surface area is 467 Å². The molecule has 0 saturated carbocycles. The minimum absolute atomic E-state index is 0.280. The van der Waals surface area contributed by atoms with Crippen molar-refractivity contribution in [3.05, 3.63) is 266 Å². The Balaban J connectivity index is 1.18. The van der Waals surface area contributed by atoms with Crippen molar-refractivity contribution in [2.45, 2.75) is 52.4 Å². The average Bonchev–Trinajstić information content (AvgIpc) is 4.13. The topological polar surface area (TPSA) is 9.86 Å². The fourth-order valence-electron chi connectivity index (χ4n) is 13.9. The smallest absolute Gasteiger partial charge is 0.0619 e. The molecule has 2 nitrogen and oxygen atoms in total. The molecule has 80 heavy (non-hydrogen) atoms. The van der Waals surface area contributed by atoms with Gasteiger partial charge in [0.25, 0.3) is 0 Å². The van der Waals surface area contributed by atoms with Crippen molar-refractivity contribution < 1.29 is 0 Å². The summed E-state index contributed by atoms with van der Waals surface area (Å²) in [7, 11) is 0. The summed E-state index contributed by atoms with van der Waals surface area (Å²) in [5.41, 5.74) is 16.4. The molecule has 0 aliphatic heterocycles. The number of hydrogen-bond donors (Lipinski definition) is 0. The van der Waals surface area contributed by atoms with Crippen molar-refractivity contribution in [1.29, 1.82) is 0 Å². The summed E-state index contributed by atoms with van der Waals surface area (Å²) in [6, 6.07) is 95.5. The van der Waals surface area contributed by atoms with Gasteiger partial charge in [-0.3, -0.25) is 0 Å². The Bertz CT molecular complexity index is 4650. The minimum Gasteiger partial charge on any atom is -0.308 e. The van der Waals surface area contributed by atoms with Gasteiger partial charge in [-0.25, -0.2) is 0 Å². The van der Waals surface area contributed by atoms with E-state index in [1.807, 2.05) is 0 Å². The van der Waals surface area contributed by atoms with Gasteiger partial charge < -0.3 is 9.13 Å². The first-order valence-corrected chi connectivity index (χ1v) is 28.3. The van der Waals surface area contributed by atoms with Crippen LogP contribution in [0.2, 0.25) is 0 Å². The number of nitrogens with zero attached hydrogens (tertiary/aromatic N) is 2. The lowest BCUT2D eigenvalue weighted by molar-refractivity contribution is 0.593. The molecule has 0 amide bonds. The third kappa shape index (κ3) is 7.32. The highest BCUT2D eigenvalue weighted by atomic mass is 15.0. The lowest BCUT2D eigenvalue weighted by Gasteiger charge is -2.31. The normalized spacial score (nSPS) is 12.4. The van der Waals surface area contributed by atoms with Gasteiger partial charge in [-0.05, 0) is 134 Å². The zero-order valence-corrected chi connectivity index (χ0v) is 46.1. The maximum atomic E-state index is 2.62. The lowest BCUT2D eigenvalue weighted by Crippen LogP contribution is -2.18. The van der Waals surface area contributed by atoms with Crippen molar-refractivity contribution in [1.82, 2.24) is 9.13 Å². The third-order valence-electron chi connectivity index (χ3n) is 17.0. The van der Waals surface area contributed by atoms with Crippen LogP contribution in [0.3, 0.4) is 0 Å². The quantitative estimate of drug-likeness (QED) is 0.116. The fourth-order valence-corrected chi connectivity index (χ4v) is 13.9. The van der Waals surface area contributed by atoms with E-state index in [9.17, 15) is 0 Å². The van der Waals surface area contributed by atoms with Crippen molar-refractivity contribution in [3.63, 3.8) is 0 Å². The van der Waals surface area contributed by atoms with E-state index in [1.54, 1.807) is 0 Å². The predicted octanol–water partition coefficient (Wildman–Crippen LogP) is 21.8. The maximum absolute atomic E-state index is 2.62. The number of benzene rings is 13. The lowest BCUT2D eigenvalue weighted by atomic mass is 9.73. The number of rotatable bonds is 6. The van der Waals surface area contributed by atoms with Gasteiger partial charge in [0.1, 0.15) is 0 Å². The first-order chi connectivity index (χ1) is 39.0. The van der Waals surface area contributed by atoms with Gasteiger partial charge in [0.05, 0.1) is 33.8 Å². The SMILES string of the molecule is CC(C)(C)c1c2cc3c(-c4ccccc4)c(-c4ccccc4)n(-c4cc5ccccc5c5ccccc45)c3cc2c(C(C)(C)C)c2cc3c(-c4ccccc4)c(-c4ccccc4)n(-c4cc5ccccc5c5ccccc45)c3cc12. The Morgan fingerprint density at radius 1 is 0.237 bits per heavy atom. The highest BCUT2D eigenvalue weighted by Crippen LogP contribution is 2.53. The predicted molar refractivity (Wildman–Crippen MR) is 344 cm³/mol. The van der Waals surface area contributed by atoms with Crippen LogP contribution < -0.4 is 0 Å². The van der Waals surface area contributed by atoms with Gasteiger partial charge in [0.15, 0.2) is 0 Å². The Kier molecular flexibility index (Phi) is 10.7. The summed E-state index contributed by atoms with van der Waals surface area (Å²) >= 11 is 0. The minimum atomic E-state index is -0.280. The van der Waals surface area contributed by atoms with Crippen LogP contribution in [0.1, 0.15) is 52.7 Å². The van der Waals surface area contributed by atoms with Gasteiger partial charge >= 0.3 is 0 Å². The molecule has 0 unspecified atom stereocenters. The molecular formula is C78H60N2. The first-order valence-electron chi connectivity index (χ1n) is 28.3. The van der Waals surface area contributed by atoms with E-state index in [0.29, 0.717) is 0 Å². The van der Waals surface area contributed by atoms with E-state index < -0.39 is 0 Å². The molecule has 0 saturated heterocycles. The number of aromatic nitrogens is 2. The van der Waals surface area contributed by atoms with Gasteiger partial charge in [-0.15, -0.1) is 0 Å². The molecule has 15 rings (SSSR count). The summed E-state index contributed by atoms with van der Waals surface area (Å²) in [4.78, 5) is 0. The van der Waals surface area contributed by atoms with Crippen LogP contribution in [-0.4, -0.2) is 9.13 Å². The van der Waals surface area contributed by atoms with E-state index in [0.717, 1.165) is 0 Å². The van der Waals surface area contributed by atoms with Crippen LogP contribution in [0, 0.1) is 0 Å². The van der Waals surface area contributed by atoms with E-state index in [2.05, 4.69) is 305 Å². The molecule has 0 radical (unpaired) electrons. The van der Waals surface area contributed by atoms with E-state index in [-0.39, 0.29) is 10.8 Å². The first kappa shape index (κ1) is 47.7. The summed E-state index contributed by atoms with van der Waals surface area (Å²) < 4.78 is 5.23. The number of fused-ring (bicyclic) bond motifs is 10.